The van der Waals surface area contributed by atoms with Crippen molar-refractivity contribution in [2.75, 3.05) is 7.11 Å². The molecule has 1 aliphatic heterocycles. The first-order chi connectivity index (χ1) is 12.6. The maximum atomic E-state index is 14.6. The molecule has 0 saturated carbocycles. The van der Waals surface area contributed by atoms with E-state index in [4.69, 9.17) is 18.8 Å². The molecule has 0 unspecified atom stereocenters. The summed E-state index contributed by atoms with van der Waals surface area (Å²) in [6, 6.07) is 8.31. The first-order valence-corrected chi connectivity index (χ1v) is 8.91. The van der Waals surface area contributed by atoms with E-state index in [9.17, 15) is 4.39 Å². The van der Waals surface area contributed by atoms with Crippen molar-refractivity contribution in [1.82, 2.24) is 4.98 Å². The number of hydrogen-bond donors (Lipinski definition) is 0. The van der Waals surface area contributed by atoms with Crippen molar-refractivity contribution in [3.05, 3.63) is 47.5 Å². The van der Waals surface area contributed by atoms with Crippen LogP contribution < -0.4 is 14.9 Å². The molecular weight excluding hydrogens is 348 g/mol. The van der Waals surface area contributed by atoms with Crippen LogP contribution in [0.15, 0.2) is 30.3 Å². The summed E-state index contributed by atoms with van der Waals surface area (Å²) >= 11 is 0. The third kappa shape index (κ3) is 4.09. The average molecular weight is 373 g/mol. The molecule has 0 spiro atoms. The molecular formula is C20H25BFNO4. The third-order valence-electron chi connectivity index (χ3n) is 5.08. The number of methoxy groups -OCH3 is 1. The predicted octanol–water partition coefficient (Wildman–Crippen LogP) is 3.42. The van der Waals surface area contributed by atoms with Crippen molar-refractivity contribution in [1.29, 1.82) is 0 Å². The number of halogens is 1. The Morgan fingerprint density at radius 1 is 1.04 bits per heavy atom. The Morgan fingerprint density at radius 3 is 2.30 bits per heavy atom. The molecule has 1 saturated heterocycles. The summed E-state index contributed by atoms with van der Waals surface area (Å²) in [5, 5.41) is 0. The lowest BCUT2D eigenvalue weighted by Crippen LogP contribution is -2.41. The summed E-state index contributed by atoms with van der Waals surface area (Å²) in [5.74, 6) is 0.694. The summed E-state index contributed by atoms with van der Waals surface area (Å²) in [5.41, 5.74) is 0.860. The van der Waals surface area contributed by atoms with Crippen LogP contribution in [0.2, 0.25) is 0 Å². The lowest BCUT2D eigenvalue weighted by Gasteiger charge is -2.32. The van der Waals surface area contributed by atoms with Crippen molar-refractivity contribution in [3.63, 3.8) is 0 Å². The van der Waals surface area contributed by atoms with Gasteiger partial charge in [0.1, 0.15) is 23.9 Å². The third-order valence-corrected chi connectivity index (χ3v) is 5.08. The Morgan fingerprint density at radius 2 is 1.70 bits per heavy atom. The second-order valence-corrected chi connectivity index (χ2v) is 7.70. The SMILES string of the molecule is COc1cc(C)nc(COc2ccc(B3OC(C)(C)C(C)(C)O3)c(F)c2)c1. The van der Waals surface area contributed by atoms with Crippen LogP contribution in [0.4, 0.5) is 4.39 Å². The minimum atomic E-state index is -0.744. The van der Waals surface area contributed by atoms with Gasteiger partial charge < -0.3 is 18.8 Å². The average Bonchev–Trinajstić information content (AvgIpc) is 2.80. The van der Waals surface area contributed by atoms with E-state index in [0.717, 1.165) is 5.69 Å². The van der Waals surface area contributed by atoms with E-state index in [1.54, 1.807) is 25.3 Å². The van der Waals surface area contributed by atoms with Crippen LogP contribution in [0.5, 0.6) is 11.5 Å². The van der Waals surface area contributed by atoms with Gasteiger partial charge in [-0.25, -0.2) is 4.39 Å². The van der Waals surface area contributed by atoms with Crippen LogP contribution >= 0.6 is 0 Å². The number of pyridine rings is 1. The Balaban J connectivity index is 1.72. The van der Waals surface area contributed by atoms with Crippen molar-refractivity contribution in [2.45, 2.75) is 52.4 Å². The number of nitrogens with zero attached hydrogens (tertiary/aromatic N) is 1. The maximum absolute atomic E-state index is 14.6. The largest absolute Gasteiger partial charge is 0.497 e. The van der Waals surface area contributed by atoms with Crippen molar-refractivity contribution >= 4 is 12.6 Å². The molecule has 2 heterocycles. The standard InChI is InChI=1S/C20H25BFNO4/c1-13-9-16(24-6)10-14(23-13)12-25-15-7-8-17(18(22)11-15)21-26-19(2,3)20(4,5)27-21/h7-11H,12H2,1-6H3. The lowest BCUT2D eigenvalue weighted by atomic mass is 9.78. The summed E-state index contributed by atoms with van der Waals surface area (Å²) in [4.78, 5) is 4.39. The predicted molar refractivity (Wildman–Crippen MR) is 102 cm³/mol. The zero-order chi connectivity index (χ0) is 19.8. The number of aromatic nitrogens is 1. The highest BCUT2D eigenvalue weighted by molar-refractivity contribution is 6.62. The molecule has 27 heavy (non-hydrogen) atoms. The Kier molecular flexibility index (Phi) is 5.19. The van der Waals surface area contributed by atoms with Gasteiger partial charge >= 0.3 is 7.12 Å². The van der Waals surface area contributed by atoms with E-state index in [1.165, 1.54) is 6.07 Å². The lowest BCUT2D eigenvalue weighted by molar-refractivity contribution is 0.00578. The monoisotopic (exact) mass is 373 g/mol. The second-order valence-electron chi connectivity index (χ2n) is 7.70. The maximum Gasteiger partial charge on any atom is 0.497 e. The van der Waals surface area contributed by atoms with Gasteiger partial charge in [-0.1, -0.05) is 6.07 Å². The number of aryl methyl sites for hydroxylation is 1. The molecule has 3 rings (SSSR count). The van der Waals surface area contributed by atoms with Gasteiger partial charge in [-0.15, -0.1) is 0 Å². The first kappa shape index (κ1) is 19.6. The first-order valence-electron chi connectivity index (χ1n) is 8.91. The van der Waals surface area contributed by atoms with E-state index in [-0.39, 0.29) is 6.61 Å². The number of hydrogen-bond acceptors (Lipinski definition) is 5. The van der Waals surface area contributed by atoms with E-state index in [0.29, 0.717) is 22.7 Å². The van der Waals surface area contributed by atoms with Crippen molar-refractivity contribution in [3.8, 4) is 11.5 Å². The molecule has 1 aromatic carbocycles. The van der Waals surface area contributed by atoms with Gasteiger partial charge in [0.05, 0.1) is 24.0 Å². The highest BCUT2D eigenvalue weighted by atomic mass is 19.1. The van der Waals surface area contributed by atoms with E-state index in [1.807, 2.05) is 40.7 Å². The molecule has 2 aromatic rings. The smallest absolute Gasteiger partial charge is 0.497 e. The van der Waals surface area contributed by atoms with Gasteiger partial charge in [0.15, 0.2) is 0 Å². The van der Waals surface area contributed by atoms with Crippen LogP contribution in [-0.4, -0.2) is 30.4 Å². The fraction of sp³-hybridized carbons (Fsp3) is 0.450. The van der Waals surface area contributed by atoms with E-state index < -0.39 is 24.1 Å². The van der Waals surface area contributed by atoms with Gasteiger partial charge in [0.2, 0.25) is 0 Å². The molecule has 1 aromatic heterocycles. The second kappa shape index (κ2) is 7.13. The van der Waals surface area contributed by atoms with E-state index >= 15 is 0 Å². The van der Waals surface area contributed by atoms with Crippen LogP contribution in [0, 0.1) is 12.7 Å². The summed E-state index contributed by atoms with van der Waals surface area (Å²) in [6.07, 6.45) is 0. The molecule has 1 fully saturated rings. The number of ether oxygens (including phenoxy) is 2. The highest BCUT2D eigenvalue weighted by Gasteiger charge is 2.52. The van der Waals surface area contributed by atoms with Crippen molar-refractivity contribution in [2.24, 2.45) is 0 Å². The minimum absolute atomic E-state index is 0.216. The normalized spacial score (nSPS) is 17.8. The zero-order valence-electron chi connectivity index (χ0n) is 16.6. The molecule has 1 aliphatic rings. The Labute approximate surface area is 159 Å². The van der Waals surface area contributed by atoms with Crippen LogP contribution in [0.3, 0.4) is 0 Å². The summed E-state index contributed by atoms with van der Waals surface area (Å²) in [6.45, 7) is 9.84. The molecule has 0 aliphatic carbocycles. The van der Waals surface area contributed by atoms with E-state index in [2.05, 4.69) is 4.98 Å². The van der Waals surface area contributed by atoms with Crippen LogP contribution in [-0.2, 0) is 15.9 Å². The fourth-order valence-corrected chi connectivity index (χ4v) is 2.81. The molecule has 0 amide bonds. The number of rotatable bonds is 5. The molecule has 144 valence electrons. The van der Waals surface area contributed by atoms with Gasteiger partial charge in [0.25, 0.3) is 0 Å². The highest BCUT2D eigenvalue weighted by Crippen LogP contribution is 2.36. The number of benzene rings is 1. The van der Waals surface area contributed by atoms with Crippen molar-refractivity contribution < 1.29 is 23.2 Å². The molecule has 5 nitrogen and oxygen atoms in total. The molecule has 0 atom stereocenters. The Hall–Kier alpha value is -2.12. The van der Waals surface area contributed by atoms with Gasteiger partial charge in [0, 0.05) is 29.4 Å². The minimum Gasteiger partial charge on any atom is -0.497 e. The molecule has 7 heteroatoms. The quantitative estimate of drug-likeness (QED) is 0.752. The summed E-state index contributed by atoms with van der Waals surface area (Å²) < 4.78 is 37.4. The molecule has 0 N–H and O–H groups in total. The molecule has 0 bridgehead atoms. The van der Waals surface area contributed by atoms with Crippen LogP contribution in [0.1, 0.15) is 39.1 Å². The Bertz CT molecular complexity index is 825. The van der Waals surface area contributed by atoms with Crippen LogP contribution in [0.25, 0.3) is 0 Å². The van der Waals surface area contributed by atoms with Gasteiger partial charge in [-0.3, -0.25) is 4.98 Å². The molecule has 0 radical (unpaired) electrons. The van der Waals surface area contributed by atoms with Gasteiger partial charge in [-0.05, 0) is 40.7 Å². The fourth-order valence-electron chi connectivity index (χ4n) is 2.81. The van der Waals surface area contributed by atoms with Gasteiger partial charge in [-0.2, -0.15) is 0 Å². The zero-order valence-corrected chi connectivity index (χ0v) is 16.6. The summed E-state index contributed by atoms with van der Waals surface area (Å²) in [7, 11) is 0.857. The topological polar surface area (TPSA) is 49.8 Å².